The SMILES string of the molecule is ClCC(Cl)CC1CO1. The third kappa shape index (κ3) is 2.21. The van der Waals surface area contributed by atoms with Gasteiger partial charge in [0.2, 0.25) is 0 Å². The predicted octanol–water partition coefficient (Wildman–Crippen LogP) is 1.62. The highest BCUT2D eigenvalue weighted by Gasteiger charge is 2.24. The highest BCUT2D eigenvalue weighted by Crippen LogP contribution is 2.19. The molecule has 2 atom stereocenters. The van der Waals surface area contributed by atoms with Gasteiger partial charge in [-0.1, -0.05) is 0 Å². The molecule has 8 heavy (non-hydrogen) atoms. The maximum Gasteiger partial charge on any atom is 0.0824 e. The fourth-order valence-corrected chi connectivity index (χ4v) is 0.877. The second kappa shape index (κ2) is 2.90. The molecule has 1 fully saturated rings. The van der Waals surface area contributed by atoms with Crippen molar-refractivity contribution in [3.8, 4) is 0 Å². The van der Waals surface area contributed by atoms with Crippen LogP contribution >= 0.6 is 23.2 Å². The zero-order chi connectivity index (χ0) is 5.98. The molecule has 48 valence electrons. The molecule has 0 bridgehead atoms. The van der Waals surface area contributed by atoms with E-state index in [9.17, 15) is 0 Å². The summed E-state index contributed by atoms with van der Waals surface area (Å²) in [7, 11) is 0. The molecule has 0 aromatic rings. The van der Waals surface area contributed by atoms with Crippen LogP contribution in [0.1, 0.15) is 6.42 Å². The molecule has 3 heteroatoms. The smallest absolute Gasteiger partial charge is 0.0824 e. The number of hydrogen-bond donors (Lipinski definition) is 0. The van der Waals surface area contributed by atoms with Crippen molar-refractivity contribution in [3.05, 3.63) is 0 Å². The van der Waals surface area contributed by atoms with Crippen LogP contribution < -0.4 is 0 Å². The third-order valence-electron chi connectivity index (χ3n) is 1.09. The summed E-state index contributed by atoms with van der Waals surface area (Å²) in [5.41, 5.74) is 0. The molecule has 1 aliphatic heterocycles. The first-order valence-corrected chi connectivity index (χ1v) is 3.61. The molecular weight excluding hydrogens is 147 g/mol. The van der Waals surface area contributed by atoms with Crippen LogP contribution in [-0.4, -0.2) is 24.0 Å². The standard InChI is InChI=1S/C5H8Cl2O/c6-2-4(7)1-5-3-8-5/h4-5H,1-3H2. The van der Waals surface area contributed by atoms with Gasteiger partial charge in [-0.3, -0.25) is 0 Å². The molecule has 1 rings (SSSR count). The molecule has 1 saturated heterocycles. The number of ether oxygens (including phenoxy) is 1. The number of rotatable bonds is 3. The van der Waals surface area contributed by atoms with Gasteiger partial charge >= 0.3 is 0 Å². The molecule has 0 amide bonds. The van der Waals surface area contributed by atoms with Gasteiger partial charge in [-0.05, 0) is 6.42 Å². The fourth-order valence-electron chi connectivity index (χ4n) is 0.552. The molecule has 0 spiro atoms. The molecule has 0 N–H and O–H groups in total. The summed E-state index contributed by atoms with van der Waals surface area (Å²) in [5, 5.41) is 0.101. The van der Waals surface area contributed by atoms with E-state index in [0.29, 0.717) is 12.0 Å². The second-order valence-electron chi connectivity index (χ2n) is 1.94. The summed E-state index contributed by atoms with van der Waals surface area (Å²) < 4.78 is 4.94. The number of hydrogen-bond acceptors (Lipinski definition) is 1. The molecular formula is C5H8Cl2O. The van der Waals surface area contributed by atoms with Crippen LogP contribution in [-0.2, 0) is 4.74 Å². The van der Waals surface area contributed by atoms with E-state index in [1.807, 2.05) is 0 Å². The summed E-state index contributed by atoms with van der Waals surface area (Å²) in [4.78, 5) is 0. The van der Waals surface area contributed by atoms with Gasteiger partial charge in [0.05, 0.1) is 12.7 Å². The monoisotopic (exact) mass is 154 g/mol. The first-order chi connectivity index (χ1) is 3.83. The Labute approximate surface area is 58.9 Å². The molecule has 1 heterocycles. The third-order valence-corrected chi connectivity index (χ3v) is 1.95. The first-order valence-electron chi connectivity index (χ1n) is 2.64. The van der Waals surface area contributed by atoms with Crippen LogP contribution in [0.25, 0.3) is 0 Å². The largest absolute Gasteiger partial charge is 0.373 e. The Hall–Kier alpha value is 0.540. The van der Waals surface area contributed by atoms with E-state index in [2.05, 4.69) is 0 Å². The zero-order valence-corrected chi connectivity index (χ0v) is 5.95. The van der Waals surface area contributed by atoms with E-state index >= 15 is 0 Å². The molecule has 1 aliphatic rings. The summed E-state index contributed by atoms with van der Waals surface area (Å²) >= 11 is 11.1. The molecule has 2 unspecified atom stereocenters. The van der Waals surface area contributed by atoms with Gasteiger partial charge in [-0.15, -0.1) is 23.2 Å². The van der Waals surface area contributed by atoms with Gasteiger partial charge in [-0.2, -0.15) is 0 Å². The van der Waals surface area contributed by atoms with Gasteiger partial charge in [0.25, 0.3) is 0 Å². The minimum atomic E-state index is 0.101. The average molecular weight is 155 g/mol. The lowest BCUT2D eigenvalue weighted by Gasteiger charge is -1.98. The van der Waals surface area contributed by atoms with E-state index < -0.39 is 0 Å². The van der Waals surface area contributed by atoms with Gasteiger partial charge in [0, 0.05) is 11.3 Å². The highest BCUT2D eigenvalue weighted by atomic mass is 35.5. The average Bonchev–Trinajstić information content (AvgIpc) is 2.50. The molecule has 0 aromatic heterocycles. The zero-order valence-electron chi connectivity index (χ0n) is 4.44. The van der Waals surface area contributed by atoms with Crippen LogP contribution in [0.2, 0.25) is 0 Å². The highest BCUT2D eigenvalue weighted by molar-refractivity contribution is 6.28. The number of halogens is 2. The lowest BCUT2D eigenvalue weighted by atomic mass is 10.3. The van der Waals surface area contributed by atoms with E-state index in [1.165, 1.54) is 0 Å². The van der Waals surface area contributed by atoms with Crippen LogP contribution in [0.4, 0.5) is 0 Å². The van der Waals surface area contributed by atoms with Crippen molar-refractivity contribution < 1.29 is 4.74 Å². The summed E-state index contributed by atoms with van der Waals surface area (Å²) in [6.07, 6.45) is 1.32. The van der Waals surface area contributed by atoms with Crippen molar-refractivity contribution >= 4 is 23.2 Å². The van der Waals surface area contributed by atoms with Gasteiger partial charge < -0.3 is 4.74 Å². The van der Waals surface area contributed by atoms with Crippen LogP contribution in [0.5, 0.6) is 0 Å². The summed E-state index contributed by atoms with van der Waals surface area (Å²) in [6, 6.07) is 0. The lowest BCUT2D eigenvalue weighted by molar-refractivity contribution is 0.396. The predicted molar refractivity (Wildman–Crippen MR) is 34.7 cm³/mol. The quantitative estimate of drug-likeness (QED) is 0.445. The Kier molecular flexibility index (Phi) is 2.42. The van der Waals surface area contributed by atoms with Crippen LogP contribution in [0, 0.1) is 0 Å². The van der Waals surface area contributed by atoms with Gasteiger partial charge in [0.15, 0.2) is 0 Å². The van der Waals surface area contributed by atoms with Crippen LogP contribution in [0.3, 0.4) is 0 Å². The minimum absolute atomic E-state index is 0.101. The van der Waals surface area contributed by atoms with Crippen LogP contribution in [0.15, 0.2) is 0 Å². The molecule has 0 aliphatic carbocycles. The Morgan fingerprint density at radius 1 is 1.75 bits per heavy atom. The second-order valence-corrected chi connectivity index (χ2v) is 2.87. The van der Waals surface area contributed by atoms with Crippen molar-refractivity contribution in [3.63, 3.8) is 0 Å². The van der Waals surface area contributed by atoms with E-state index in [4.69, 9.17) is 27.9 Å². The van der Waals surface area contributed by atoms with Crippen molar-refractivity contribution in [1.29, 1.82) is 0 Å². The van der Waals surface area contributed by atoms with E-state index in [-0.39, 0.29) is 5.38 Å². The molecule has 1 nitrogen and oxygen atoms in total. The van der Waals surface area contributed by atoms with Crippen molar-refractivity contribution in [2.45, 2.75) is 17.9 Å². The van der Waals surface area contributed by atoms with Crippen molar-refractivity contribution in [1.82, 2.24) is 0 Å². The molecule has 0 saturated carbocycles. The normalized spacial score (nSPS) is 30.0. The Balaban J connectivity index is 1.98. The van der Waals surface area contributed by atoms with Gasteiger partial charge in [0.1, 0.15) is 0 Å². The number of alkyl halides is 2. The van der Waals surface area contributed by atoms with Crippen molar-refractivity contribution in [2.75, 3.05) is 12.5 Å². The Morgan fingerprint density at radius 3 is 2.75 bits per heavy atom. The number of epoxide rings is 1. The Bertz CT molecular complexity index is 72.8. The maximum absolute atomic E-state index is 5.69. The topological polar surface area (TPSA) is 12.5 Å². The fraction of sp³-hybridized carbons (Fsp3) is 1.00. The lowest BCUT2D eigenvalue weighted by Crippen LogP contribution is -2.03. The molecule has 0 radical (unpaired) electrons. The van der Waals surface area contributed by atoms with Gasteiger partial charge in [-0.25, -0.2) is 0 Å². The molecule has 0 aromatic carbocycles. The van der Waals surface area contributed by atoms with E-state index in [0.717, 1.165) is 13.0 Å². The van der Waals surface area contributed by atoms with Crippen molar-refractivity contribution in [2.24, 2.45) is 0 Å². The van der Waals surface area contributed by atoms with E-state index in [1.54, 1.807) is 0 Å². The summed E-state index contributed by atoms with van der Waals surface area (Å²) in [5.74, 6) is 0.529. The first kappa shape index (κ1) is 6.66. The minimum Gasteiger partial charge on any atom is -0.373 e. The summed E-state index contributed by atoms with van der Waals surface area (Å²) in [6.45, 7) is 0.875. The maximum atomic E-state index is 5.69. The Morgan fingerprint density at radius 2 is 2.38 bits per heavy atom.